The van der Waals surface area contributed by atoms with E-state index in [0.29, 0.717) is 11.9 Å². The van der Waals surface area contributed by atoms with E-state index in [4.69, 9.17) is 0 Å². The number of nitrogens with one attached hydrogen (secondary N) is 1. The number of benzene rings is 1. The zero-order chi connectivity index (χ0) is 14.7. The lowest BCUT2D eigenvalue weighted by molar-refractivity contribution is -0.384. The molecule has 1 aliphatic heterocycles. The summed E-state index contributed by atoms with van der Waals surface area (Å²) in [5.74, 6) is 0.598. The second kappa shape index (κ2) is 6.01. The highest BCUT2D eigenvalue weighted by Gasteiger charge is 2.14. The molecule has 0 saturated carbocycles. The molecule has 0 spiro atoms. The maximum atomic E-state index is 10.6. The van der Waals surface area contributed by atoms with Crippen molar-refractivity contribution in [1.82, 2.24) is 20.1 Å². The summed E-state index contributed by atoms with van der Waals surface area (Å²) >= 11 is 0. The Morgan fingerprint density at radius 3 is 2.81 bits per heavy atom. The van der Waals surface area contributed by atoms with Crippen LogP contribution in [0.15, 0.2) is 30.6 Å². The minimum atomic E-state index is -0.412. The Balaban J connectivity index is 1.70. The molecule has 2 heterocycles. The molecule has 0 bridgehead atoms. The van der Waals surface area contributed by atoms with E-state index in [-0.39, 0.29) is 5.69 Å². The Kier molecular flexibility index (Phi) is 3.92. The first-order chi connectivity index (χ1) is 10.2. The number of nitro groups is 1. The number of piperidine rings is 1. The molecule has 21 heavy (non-hydrogen) atoms. The zero-order valence-electron chi connectivity index (χ0n) is 11.6. The van der Waals surface area contributed by atoms with E-state index in [1.165, 1.54) is 25.0 Å². The zero-order valence-corrected chi connectivity index (χ0v) is 11.6. The molecule has 1 aromatic heterocycles. The van der Waals surface area contributed by atoms with Crippen molar-refractivity contribution in [3.05, 3.63) is 40.7 Å². The van der Waals surface area contributed by atoms with Crippen molar-refractivity contribution in [3.8, 4) is 11.4 Å². The van der Waals surface area contributed by atoms with Crippen LogP contribution in [-0.4, -0.2) is 32.3 Å². The van der Waals surface area contributed by atoms with Crippen molar-refractivity contribution in [2.24, 2.45) is 0 Å². The molecule has 110 valence electrons. The number of nitrogens with zero attached hydrogens (tertiary/aromatic N) is 4. The van der Waals surface area contributed by atoms with Crippen molar-refractivity contribution < 1.29 is 4.92 Å². The molecule has 1 saturated heterocycles. The third-order valence-corrected chi connectivity index (χ3v) is 3.69. The number of hydrogen-bond acceptors (Lipinski definition) is 5. The molecule has 3 rings (SSSR count). The molecule has 1 aromatic carbocycles. The van der Waals surface area contributed by atoms with E-state index in [1.54, 1.807) is 18.5 Å². The molecule has 7 nitrogen and oxygen atoms in total. The van der Waals surface area contributed by atoms with Gasteiger partial charge in [0.05, 0.1) is 11.5 Å². The Bertz CT molecular complexity index is 617. The van der Waals surface area contributed by atoms with Gasteiger partial charge in [0.1, 0.15) is 6.33 Å². The highest BCUT2D eigenvalue weighted by atomic mass is 16.6. The Hall–Kier alpha value is -2.28. The van der Waals surface area contributed by atoms with Gasteiger partial charge in [-0.05, 0) is 31.5 Å². The van der Waals surface area contributed by atoms with Crippen LogP contribution in [0.1, 0.15) is 19.3 Å². The molecule has 2 aromatic rings. The van der Waals surface area contributed by atoms with Crippen LogP contribution in [0.3, 0.4) is 0 Å². The van der Waals surface area contributed by atoms with Crippen molar-refractivity contribution in [2.45, 2.75) is 31.8 Å². The number of rotatable bonds is 4. The molecular weight excluding hydrogens is 270 g/mol. The van der Waals surface area contributed by atoms with E-state index in [1.807, 2.05) is 4.68 Å². The minimum Gasteiger partial charge on any atom is -0.312 e. The van der Waals surface area contributed by atoms with Crippen LogP contribution < -0.4 is 5.32 Å². The first-order valence-electron chi connectivity index (χ1n) is 7.10. The van der Waals surface area contributed by atoms with Gasteiger partial charge in [-0.25, -0.2) is 4.98 Å². The van der Waals surface area contributed by atoms with Crippen LogP contribution in [0.2, 0.25) is 0 Å². The number of nitro benzene ring substituents is 1. The summed E-state index contributed by atoms with van der Waals surface area (Å²) in [7, 11) is 0. The monoisotopic (exact) mass is 287 g/mol. The molecule has 1 aliphatic rings. The van der Waals surface area contributed by atoms with E-state index in [2.05, 4.69) is 15.4 Å². The Morgan fingerprint density at radius 2 is 2.14 bits per heavy atom. The lowest BCUT2D eigenvalue weighted by atomic mass is 10.1. The van der Waals surface area contributed by atoms with Gasteiger partial charge in [0.2, 0.25) is 0 Å². The maximum Gasteiger partial charge on any atom is 0.269 e. The van der Waals surface area contributed by atoms with Gasteiger partial charge in [0, 0.05) is 23.7 Å². The van der Waals surface area contributed by atoms with Crippen LogP contribution in [0, 0.1) is 10.1 Å². The highest BCUT2D eigenvalue weighted by molar-refractivity contribution is 5.56. The topological polar surface area (TPSA) is 85.9 Å². The molecule has 1 unspecified atom stereocenters. The largest absolute Gasteiger partial charge is 0.312 e. The van der Waals surface area contributed by atoms with Gasteiger partial charge in [-0.3, -0.25) is 14.8 Å². The average Bonchev–Trinajstić information content (AvgIpc) is 2.97. The lowest BCUT2D eigenvalue weighted by Gasteiger charge is -2.22. The Morgan fingerprint density at radius 1 is 1.33 bits per heavy atom. The van der Waals surface area contributed by atoms with Crippen LogP contribution in [0.25, 0.3) is 11.4 Å². The summed E-state index contributed by atoms with van der Waals surface area (Å²) in [6, 6.07) is 6.75. The summed E-state index contributed by atoms with van der Waals surface area (Å²) < 4.78 is 1.83. The fourth-order valence-electron chi connectivity index (χ4n) is 2.55. The van der Waals surface area contributed by atoms with Gasteiger partial charge in [-0.1, -0.05) is 6.42 Å². The van der Waals surface area contributed by atoms with Gasteiger partial charge < -0.3 is 5.32 Å². The average molecular weight is 287 g/mol. The number of aromatic nitrogens is 3. The molecular formula is C14H17N5O2. The summed E-state index contributed by atoms with van der Waals surface area (Å²) in [5.41, 5.74) is 0.862. The van der Waals surface area contributed by atoms with Crippen LogP contribution in [0.4, 0.5) is 5.69 Å². The van der Waals surface area contributed by atoms with Crippen molar-refractivity contribution in [1.29, 1.82) is 0 Å². The summed E-state index contributed by atoms with van der Waals surface area (Å²) in [5, 5.41) is 18.6. The second-order valence-electron chi connectivity index (χ2n) is 5.24. The van der Waals surface area contributed by atoms with E-state index >= 15 is 0 Å². The number of hydrogen-bond donors (Lipinski definition) is 1. The van der Waals surface area contributed by atoms with Gasteiger partial charge in [-0.15, -0.1) is 0 Å². The van der Waals surface area contributed by atoms with Gasteiger partial charge in [0.25, 0.3) is 5.69 Å². The summed E-state index contributed by atoms with van der Waals surface area (Å²) in [6.07, 6.45) is 5.36. The fraction of sp³-hybridized carbons (Fsp3) is 0.429. The normalized spacial score (nSPS) is 18.6. The SMILES string of the molecule is O=[N+]([O-])c1ccc(-c2ncn(CC3CCCCN3)n2)cc1. The summed E-state index contributed by atoms with van der Waals surface area (Å²) in [4.78, 5) is 14.5. The molecule has 1 atom stereocenters. The van der Waals surface area contributed by atoms with Crippen molar-refractivity contribution in [2.75, 3.05) is 6.54 Å². The molecule has 0 amide bonds. The molecule has 1 N–H and O–H groups in total. The molecule has 1 fully saturated rings. The number of non-ortho nitro benzene ring substituents is 1. The lowest BCUT2D eigenvalue weighted by Crippen LogP contribution is -2.37. The summed E-state index contributed by atoms with van der Waals surface area (Å²) in [6.45, 7) is 1.87. The van der Waals surface area contributed by atoms with Crippen molar-refractivity contribution >= 4 is 5.69 Å². The maximum absolute atomic E-state index is 10.6. The standard InChI is InChI=1S/C14H17N5O2/c20-19(21)13-6-4-11(5-7-13)14-16-10-18(17-14)9-12-3-1-2-8-15-12/h4-7,10,12,15H,1-3,8-9H2. The van der Waals surface area contributed by atoms with Crippen LogP contribution in [0.5, 0.6) is 0 Å². The third kappa shape index (κ3) is 3.25. The first-order valence-corrected chi connectivity index (χ1v) is 7.10. The second-order valence-corrected chi connectivity index (χ2v) is 5.24. The molecule has 0 radical (unpaired) electrons. The van der Waals surface area contributed by atoms with E-state index in [9.17, 15) is 10.1 Å². The van der Waals surface area contributed by atoms with Crippen molar-refractivity contribution in [3.63, 3.8) is 0 Å². The van der Waals surface area contributed by atoms with Gasteiger partial charge in [0.15, 0.2) is 5.82 Å². The van der Waals surface area contributed by atoms with Gasteiger partial charge in [-0.2, -0.15) is 5.10 Å². The first kappa shape index (κ1) is 13.7. The molecule has 0 aliphatic carbocycles. The quantitative estimate of drug-likeness (QED) is 0.686. The van der Waals surface area contributed by atoms with E-state index in [0.717, 1.165) is 25.1 Å². The van der Waals surface area contributed by atoms with Crippen LogP contribution >= 0.6 is 0 Å². The highest BCUT2D eigenvalue weighted by Crippen LogP contribution is 2.19. The minimum absolute atomic E-state index is 0.0737. The smallest absolute Gasteiger partial charge is 0.269 e. The van der Waals surface area contributed by atoms with E-state index < -0.39 is 4.92 Å². The fourth-order valence-corrected chi connectivity index (χ4v) is 2.55. The predicted molar refractivity (Wildman–Crippen MR) is 77.8 cm³/mol. The molecule has 7 heteroatoms. The van der Waals surface area contributed by atoms with Gasteiger partial charge >= 0.3 is 0 Å². The van der Waals surface area contributed by atoms with Crippen LogP contribution in [-0.2, 0) is 6.54 Å². The predicted octanol–water partition coefficient (Wildman–Crippen LogP) is 2.00. The third-order valence-electron chi connectivity index (χ3n) is 3.69. The Labute approximate surface area is 122 Å².